The molecule has 1 aromatic rings. The van der Waals surface area contributed by atoms with Crippen molar-refractivity contribution in [2.45, 2.75) is 13.8 Å². The van der Waals surface area contributed by atoms with E-state index < -0.39 is 0 Å². The lowest BCUT2D eigenvalue weighted by Crippen LogP contribution is -2.14. The molecule has 0 aliphatic rings. The van der Waals surface area contributed by atoms with E-state index in [1.54, 1.807) is 6.34 Å². The van der Waals surface area contributed by atoms with E-state index in [0.29, 0.717) is 3.57 Å². The van der Waals surface area contributed by atoms with Gasteiger partial charge >= 0.3 is 0 Å². The van der Waals surface area contributed by atoms with E-state index in [9.17, 15) is 5.11 Å². The summed E-state index contributed by atoms with van der Waals surface area (Å²) in [6, 6.07) is 1.82. The molecule has 0 radical (unpaired) electrons. The molecule has 1 N–H and O–H groups in total. The van der Waals surface area contributed by atoms with Gasteiger partial charge in [0, 0.05) is 13.6 Å². The molecular weight excluding hydrogens is 305 g/mol. The zero-order valence-corrected chi connectivity index (χ0v) is 11.2. The van der Waals surface area contributed by atoms with Gasteiger partial charge in [-0.1, -0.05) is 0 Å². The fourth-order valence-corrected chi connectivity index (χ4v) is 1.35. The van der Waals surface area contributed by atoms with Crippen LogP contribution in [0.25, 0.3) is 0 Å². The van der Waals surface area contributed by atoms with Gasteiger partial charge in [-0.05, 0) is 42.5 Å². The minimum Gasteiger partial charge on any atom is -0.493 e. The normalized spacial score (nSPS) is 10.9. The Kier molecular flexibility index (Phi) is 4.31. The quantitative estimate of drug-likeness (QED) is 0.528. The van der Waals surface area contributed by atoms with Crippen LogP contribution in [-0.2, 0) is 0 Å². The fourth-order valence-electron chi connectivity index (χ4n) is 0.932. The van der Waals surface area contributed by atoms with Gasteiger partial charge in [-0.15, -0.1) is 0 Å². The van der Waals surface area contributed by atoms with E-state index >= 15 is 0 Å². The van der Waals surface area contributed by atoms with E-state index in [2.05, 4.69) is 16.9 Å². The second kappa shape index (κ2) is 5.29. The fraction of sp³-hybridized carbons (Fsp3) is 0.400. The van der Waals surface area contributed by atoms with Crippen molar-refractivity contribution in [3.8, 4) is 5.88 Å². The van der Waals surface area contributed by atoms with Crippen molar-refractivity contribution in [3.63, 3.8) is 0 Å². The Morgan fingerprint density at radius 1 is 1.67 bits per heavy atom. The van der Waals surface area contributed by atoms with Gasteiger partial charge in [0.15, 0.2) is 0 Å². The third kappa shape index (κ3) is 3.33. The van der Waals surface area contributed by atoms with Crippen molar-refractivity contribution >= 4 is 34.6 Å². The second-order valence-corrected chi connectivity index (χ2v) is 4.38. The molecule has 0 atom stereocenters. The first-order chi connectivity index (χ1) is 7.04. The number of aliphatic imine (C=N–C) groups is 1. The van der Waals surface area contributed by atoms with Crippen molar-refractivity contribution in [2.75, 3.05) is 13.6 Å². The van der Waals surface area contributed by atoms with Gasteiger partial charge in [0.05, 0.1) is 21.3 Å². The smallest absolute Gasteiger partial charge is 0.224 e. The van der Waals surface area contributed by atoms with Gasteiger partial charge in [-0.2, -0.15) is 0 Å². The highest BCUT2D eigenvalue weighted by Gasteiger charge is 2.04. The van der Waals surface area contributed by atoms with Gasteiger partial charge in [0.1, 0.15) is 0 Å². The van der Waals surface area contributed by atoms with Crippen molar-refractivity contribution < 1.29 is 5.11 Å². The Morgan fingerprint density at radius 2 is 2.33 bits per heavy atom. The van der Waals surface area contributed by atoms with Crippen molar-refractivity contribution in [1.29, 1.82) is 0 Å². The minimum absolute atomic E-state index is 0.0656. The van der Waals surface area contributed by atoms with Crippen molar-refractivity contribution in [2.24, 2.45) is 4.99 Å². The average Bonchev–Trinajstić information content (AvgIpc) is 2.21. The van der Waals surface area contributed by atoms with Gasteiger partial charge in [0.2, 0.25) is 5.88 Å². The molecule has 0 spiro atoms. The van der Waals surface area contributed by atoms with Crippen LogP contribution in [-0.4, -0.2) is 34.9 Å². The zero-order valence-electron chi connectivity index (χ0n) is 9.03. The molecule has 0 saturated carbocycles. The molecule has 0 saturated heterocycles. The van der Waals surface area contributed by atoms with Gasteiger partial charge in [-0.25, -0.2) is 9.98 Å². The van der Waals surface area contributed by atoms with Crippen LogP contribution in [0.15, 0.2) is 11.1 Å². The third-order valence-corrected chi connectivity index (χ3v) is 2.81. The predicted molar refractivity (Wildman–Crippen MR) is 69.8 cm³/mol. The summed E-state index contributed by atoms with van der Waals surface area (Å²) < 4.78 is 0.713. The van der Waals surface area contributed by atoms with Crippen LogP contribution in [0.5, 0.6) is 5.88 Å². The third-order valence-electron chi connectivity index (χ3n) is 2.01. The van der Waals surface area contributed by atoms with Crippen LogP contribution in [0.1, 0.15) is 12.6 Å². The molecule has 1 aromatic heterocycles. The number of hydrogen-bond acceptors (Lipinski definition) is 3. The Hall–Kier alpha value is -0.850. The Labute approximate surface area is 103 Å². The van der Waals surface area contributed by atoms with E-state index in [1.165, 1.54) is 0 Å². The number of rotatable bonds is 3. The number of halogens is 1. The molecule has 0 bridgehead atoms. The first kappa shape index (κ1) is 12.2. The molecule has 5 heteroatoms. The van der Waals surface area contributed by atoms with Crippen LogP contribution in [0.4, 0.5) is 5.69 Å². The predicted octanol–water partition coefficient (Wildman–Crippen LogP) is 2.31. The van der Waals surface area contributed by atoms with Crippen LogP contribution >= 0.6 is 22.6 Å². The number of hydrogen-bond donors (Lipinski definition) is 1. The summed E-state index contributed by atoms with van der Waals surface area (Å²) in [4.78, 5) is 10.3. The highest BCUT2D eigenvalue weighted by molar-refractivity contribution is 14.1. The summed E-state index contributed by atoms with van der Waals surface area (Å²) in [6.07, 6.45) is 1.76. The molecule has 15 heavy (non-hydrogen) atoms. The van der Waals surface area contributed by atoms with Gasteiger partial charge < -0.3 is 10.0 Å². The standard InChI is InChI=1S/C10H14IN3O/c1-4-14(3)6-12-9-5-8(11)10(15)13-7(9)2/h5-6H,4H2,1-3H3,(H,13,15)/b12-6+. The largest absolute Gasteiger partial charge is 0.493 e. The molecule has 0 fully saturated rings. The molecule has 1 heterocycles. The Morgan fingerprint density at radius 3 is 2.93 bits per heavy atom. The van der Waals surface area contributed by atoms with E-state index in [-0.39, 0.29) is 5.88 Å². The van der Waals surface area contributed by atoms with E-state index in [1.807, 2.05) is 47.5 Å². The average molecular weight is 319 g/mol. The summed E-state index contributed by atoms with van der Waals surface area (Å²) in [6.45, 7) is 4.79. The Balaban J connectivity index is 2.95. The lowest BCUT2D eigenvalue weighted by atomic mass is 10.3. The summed E-state index contributed by atoms with van der Waals surface area (Å²) >= 11 is 2.03. The Bertz CT molecular complexity index is 379. The second-order valence-electron chi connectivity index (χ2n) is 3.22. The summed E-state index contributed by atoms with van der Waals surface area (Å²) in [5, 5.41) is 9.37. The lowest BCUT2D eigenvalue weighted by Gasteiger charge is -2.08. The highest BCUT2D eigenvalue weighted by Crippen LogP contribution is 2.25. The molecule has 0 aliphatic carbocycles. The van der Waals surface area contributed by atoms with E-state index in [4.69, 9.17) is 0 Å². The molecule has 1 rings (SSSR count). The van der Waals surface area contributed by atoms with Gasteiger partial charge in [0.25, 0.3) is 0 Å². The van der Waals surface area contributed by atoms with Crippen LogP contribution in [0.2, 0.25) is 0 Å². The summed E-state index contributed by atoms with van der Waals surface area (Å²) in [5.74, 6) is 0.0656. The first-order valence-corrected chi connectivity index (χ1v) is 5.73. The summed E-state index contributed by atoms with van der Waals surface area (Å²) in [5.41, 5.74) is 1.52. The molecule has 0 amide bonds. The number of nitrogens with zero attached hydrogens (tertiary/aromatic N) is 3. The van der Waals surface area contributed by atoms with Crippen LogP contribution < -0.4 is 0 Å². The number of pyridine rings is 1. The SMILES string of the molecule is CCN(C)/C=N/c1cc(I)c(O)nc1C. The van der Waals surface area contributed by atoms with Crippen LogP contribution in [0.3, 0.4) is 0 Å². The van der Waals surface area contributed by atoms with E-state index in [0.717, 1.165) is 17.9 Å². The maximum absolute atomic E-state index is 9.37. The topological polar surface area (TPSA) is 48.7 Å². The molecule has 0 aliphatic heterocycles. The first-order valence-electron chi connectivity index (χ1n) is 4.65. The van der Waals surface area contributed by atoms with Crippen LogP contribution in [0, 0.1) is 10.5 Å². The highest BCUT2D eigenvalue weighted by atomic mass is 127. The molecule has 82 valence electrons. The number of aromatic nitrogens is 1. The number of aromatic hydroxyl groups is 1. The molecule has 0 aromatic carbocycles. The minimum atomic E-state index is 0.0656. The van der Waals surface area contributed by atoms with Crippen molar-refractivity contribution in [1.82, 2.24) is 9.88 Å². The maximum atomic E-state index is 9.37. The molecule has 0 unspecified atom stereocenters. The number of aryl methyl sites for hydroxylation is 1. The molecule has 4 nitrogen and oxygen atoms in total. The summed E-state index contributed by atoms with van der Waals surface area (Å²) in [7, 11) is 1.96. The zero-order chi connectivity index (χ0) is 11.4. The van der Waals surface area contributed by atoms with Crippen molar-refractivity contribution in [3.05, 3.63) is 15.3 Å². The maximum Gasteiger partial charge on any atom is 0.224 e. The monoisotopic (exact) mass is 319 g/mol. The molecular formula is C10H14IN3O. The van der Waals surface area contributed by atoms with Gasteiger partial charge in [-0.3, -0.25) is 0 Å². The lowest BCUT2D eigenvalue weighted by molar-refractivity contribution is 0.448.